The number of anilines is 2. The molecule has 4 rings (SSSR count). The van der Waals surface area contributed by atoms with E-state index in [-0.39, 0.29) is 10.7 Å². The van der Waals surface area contributed by atoms with Gasteiger partial charge in [0.25, 0.3) is 5.91 Å². The van der Waals surface area contributed by atoms with Crippen LogP contribution < -0.4 is 20.8 Å². The van der Waals surface area contributed by atoms with Crippen LogP contribution in [-0.4, -0.2) is 29.5 Å². The maximum atomic E-state index is 13.2. The molecule has 3 N–H and O–H groups in total. The first-order valence-corrected chi connectivity index (χ1v) is 11.6. The van der Waals surface area contributed by atoms with Crippen LogP contribution in [0.1, 0.15) is 21.6 Å². The molecule has 0 spiro atoms. The van der Waals surface area contributed by atoms with Gasteiger partial charge in [-0.2, -0.15) is 0 Å². The lowest BCUT2D eigenvalue weighted by Crippen LogP contribution is -2.36. The lowest BCUT2D eigenvalue weighted by atomic mass is 10.1. The number of carbonyl (C=O) groups is 3. The molecule has 1 heterocycles. The first-order chi connectivity index (χ1) is 17.2. The highest BCUT2D eigenvalue weighted by Gasteiger charge is 2.23. The number of benzene rings is 3. The lowest BCUT2D eigenvalue weighted by Gasteiger charge is -2.15. The van der Waals surface area contributed by atoms with Gasteiger partial charge >= 0.3 is 11.8 Å². The summed E-state index contributed by atoms with van der Waals surface area (Å²) in [6.07, 6.45) is 0. The SMILES string of the molecule is COc1cccc2cc(C(=O)Nc3ccc(Cl)cc3Cl)n(NC(=O)C(=O)Nc3ccc(C)cc3C)c12. The van der Waals surface area contributed by atoms with E-state index >= 15 is 0 Å². The molecule has 0 saturated carbocycles. The fourth-order valence-corrected chi connectivity index (χ4v) is 4.19. The van der Waals surface area contributed by atoms with Crippen LogP contribution >= 0.6 is 23.2 Å². The molecule has 0 aliphatic heterocycles. The highest BCUT2D eigenvalue weighted by Crippen LogP contribution is 2.30. The smallest absolute Gasteiger partial charge is 0.328 e. The van der Waals surface area contributed by atoms with Gasteiger partial charge in [-0.1, -0.05) is 53.0 Å². The summed E-state index contributed by atoms with van der Waals surface area (Å²) in [6, 6.07) is 16.8. The fraction of sp³-hybridized carbons (Fsp3) is 0.115. The van der Waals surface area contributed by atoms with E-state index in [0.717, 1.165) is 11.1 Å². The van der Waals surface area contributed by atoms with Crippen molar-refractivity contribution in [3.8, 4) is 5.75 Å². The van der Waals surface area contributed by atoms with E-state index in [0.29, 0.717) is 33.0 Å². The van der Waals surface area contributed by atoms with Crippen LogP contribution in [0.15, 0.2) is 60.7 Å². The van der Waals surface area contributed by atoms with Gasteiger partial charge in [0.2, 0.25) is 0 Å². The molecule has 0 unspecified atom stereocenters. The number of ether oxygens (including phenoxy) is 1. The van der Waals surface area contributed by atoms with Crippen molar-refractivity contribution in [1.82, 2.24) is 4.68 Å². The van der Waals surface area contributed by atoms with Crippen LogP contribution in [0.4, 0.5) is 11.4 Å². The molecule has 0 bridgehead atoms. The number of para-hydroxylation sites is 1. The average Bonchev–Trinajstić information content (AvgIpc) is 3.21. The van der Waals surface area contributed by atoms with Crippen LogP contribution in [0.5, 0.6) is 5.75 Å². The molecule has 184 valence electrons. The van der Waals surface area contributed by atoms with Gasteiger partial charge in [-0.3, -0.25) is 19.8 Å². The van der Waals surface area contributed by atoms with Crippen molar-refractivity contribution in [1.29, 1.82) is 0 Å². The Morgan fingerprint density at radius 1 is 0.861 bits per heavy atom. The van der Waals surface area contributed by atoms with E-state index in [1.807, 2.05) is 26.0 Å². The third kappa shape index (κ3) is 5.15. The topological polar surface area (TPSA) is 101 Å². The highest BCUT2D eigenvalue weighted by atomic mass is 35.5. The van der Waals surface area contributed by atoms with E-state index in [2.05, 4.69) is 16.1 Å². The number of methoxy groups -OCH3 is 1. The van der Waals surface area contributed by atoms with Crippen LogP contribution in [0.2, 0.25) is 10.0 Å². The monoisotopic (exact) mass is 524 g/mol. The second-order valence-corrected chi connectivity index (χ2v) is 8.90. The largest absolute Gasteiger partial charge is 0.494 e. The molecule has 0 atom stereocenters. The van der Waals surface area contributed by atoms with Crippen molar-refractivity contribution >= 4 is 63.2 Å². The molecule has 3 amide bonds. The number of nitrogens with zero attached hydrogens (tertiary/aromatic N) is 1. The van der Waals surface area contributed by atoms with E-state index in [1.54, 1.807) is 42.5 Å². The van der Waals surface area contributed by atoms with Gasteiger partial charge in [-0.15, -0.1) is 0 Å². The minimum absolute atomic E-state index is 0.0492. The number of aryl methyl sites for hydroxylation is 2. The minimum Gasteiger partial charge on any atom is -0.494 e. The zero-order valence-electron chi connectivity index (χ0n) is 19.6. The maximum absolute atomic E-state index is 13.2. The van der Waals surface area contributed by atoms with E-state index in [9.17, 15) is 14.4 Å². The highest BCUT2D eigenvalue weighted by molar-refractivity contribution is 6.42. The van der Waals surface area contributed by atoms with Gasteiger partial charge in [0.15, 0.2) is 0 Å². The number of halogens is 2. The Morgan fingerprint density at radius 3 is 2.31 bits per heavy atom. The van der Waals surface area contributed by atoms with Crippen molar-refractivity contribution in [3.05, 3.63) is 87.5 Å². The van der Waals surface area contributed by atoms with Crippen molar-refractivity contribution < 1.29 is 19.1 Å². The van der Waals surface area contributed by atoms with Crippen LogP contribution in [0.25, 0.3) is 10.9 Å². The molecule has 0 radical (unpaired) electrons. The molecule has 0 aliphatic carbocycles. The molecular weight excluding hydrogens is 503 g/mol. The average molecular weight is 525 g/mol. The number of fused-ring (bicyclic) bond motifs is 1. The predicted octanol–water partition coefficient (Wildman–Crippen LogP) is 5.53. The van der Waals surface area contributed by atoms with Crippen LogP contribution in [0, 0.1) is 13.8 Å². The summed E-state index contributed by atoms with van der Waals surface area (Å²) >= 11 is 12.1. The molecule has 10 heteroatoms. The quantitative estimate of drug-likeness (QED) is 0.298. The summed E-state index contributed by atoms with van der Waals surface area (Å²) in [5.41, 5.74) is 5.64. The van der Waals surface area contributed by atoms with Gasteiger partial charge in [0.05, 0.1) is 17.8 Å². The van der Waals surface area contributed by atoms with Crippen molar-refractivity contribution in [2.45, 2.75) is 13.8 Å². The molecule has 4 aromatic rings. The molecule has 1 aromatic heterocycles. The zero-order chi connectivity index (χ0) is 26.0. The Hall–Kier alpha value is -4.01. The summed E-state index contributed by atoms with van der Waals surface area (Å²) < 4.78 is 6.66. The normalized spacial score (nSPS) is 10.7. The fourth-order valence-electron chi connectivity index (χ4n) is 3.74. The maximum Gasteiger partial charge on any atom is 0.328 e. The van der Waals surface area contributed by atoms with Gasteiger partial charge < -0.3 is 15.4 Å². The predicted molar refractivity (Wildman–Crippen MR) is 142 cm³/mol. The third-order valence-corrected chi connectivity index (χ3v) is 6.02. The summed E-state index contributed by atoms with van der Waals surface area (Å²) in [4.78, 5) is 38.9. The Labute approximate surface area is 217 Å². The minimum atomic E-state index is -0.975. The number of aromatic nitrogens is 1. The molecular formula is C26H22Cl2N4O4. The van der Waals surface area contributed by atoms with Crippen molar-refractivity contribution in [2.75, 3.05) is 23.2 Å². The van der Waals surface area contributed by atoms with Crippen molar-refractivity contribution in [3.63, 3.8) is 0 Å². The number of nitrogens with one attached hydrogen (secondary N) is 3. The third-order valence-electron chi connectivity index (χ3n) is 5.47. The standard InChI is InChI=1S/C26H22Cl2N4O4/c1-14-7-9-19(15(2)11-14)29-25(34)26(35)31-32-21(12-16-5-4-6-22(36-3)23(16)32)24(33)30-20-10-8-17(27)13-18(20)28/h4-13H,1-3H3,(H,29,34)(H,30,33)(H,31,35). The second kappa shape index (κ2) is 10.3. The number of amides is 3. The molecule has 0 saturated heterocycles. The first-order valence-electron chi connectivity index (χ1n) is 10.8. The summed E-state index contributed by atoms with van der Waals surface area (Å²) in [7, 11) is 1.47. The lowest BCUT2D eigenvalue weighted by molar-refractivity contribution is -0.133. The van der Waals surface area contributed by atoms with Gasteiger partial charge in [0, 0.05) is 16.1 Å². The number of hydrogen-bond acceptors (Lipinski definition) is 4. The van der Waals surface area contributed by atoms with E-state index in [4.69, 9.17) is 27.9 Å². The Balaban J connectivity index is 1.68. The number of carbonyl (C=O) groups excluding carboxylic acids is 3. The van der Waals surface area contributed by atoms with Gasteiger partial charge in [0.1, 0.15) is 17.0 Å². The number of hydrogen-bond donors (Lipinski definition) is 3. The molecule has 3 aromatic carbocycles. The molecule has 0 fully saturated rings. The summed E-state index contributed by atoms with van der Waals surface area (Å²) in [5, 5.41) is 6.57. The van der Waals surface area contributed by atoms with Crippen LogP contribution in [0.3, 0.4) is 0 Å². The summed E-state index contributed by atoms with van der Waals surface area (Å²) in [5.74, 6) is -2.05. The molecule has 0 aliphatic rings. The van der Waals surface area contributed by atoms with E-state index < -0.39 is 17.7 Å². The van der Waals surface area contributed by atoms with Gasteiger partial charge in [-0.05, 0) is 55.8 Å². The number of rotatable bonds is 5. The van der Waals surface area contributed by atoms with E-state index in [1.165, 1.54) is 17.9 Å². The summed E-state index contributed by atoms with van der Waals surface area (Å²) in [6.45, 7) is 3.76. The van der Waals surface area contributed by atoms with Crippen molar-refractivity contribution in [2.24, 2.45) is 0 Å². The Kier molecular flexibility index (Phi) is 7.19. The van der Waals surface area contributed by atoms with Gasteiger partial charge in [-0.25, -0.2) is 4.68 Å². The second-order valence-electron chi connectivity index (χ2n) is 8.05. The Bertz CT molecular complexity index is 1510. The first kappa shape index (κ1) is 25.1. The zero-order valence-corrected chi connectivity index (χ0v) is 21.1. The molecule has 36 heavy (non-hydrogen) atoms. The van der Waals surface area contributed by atoms with Crippen LogP contribution in [-0.2, 0) is 9.59 Å². The Morgan fingerprint density at radius 2 is 1.61 bits per heavy atom. The molecule has 8 nitrogen and oxygen atoms in total.